The molecule has 2 amide bonds. The van der Waals surface area contributed by atoms with Crippen LogP contribution in [0.5, 0.6) is 11.5 Å². The number of hydrogen-bond donors (Lipinski definition) is 2. The van der Waals surface area contributed by atoms with Crippen molar-refractivity contribution in [1.82, 2.24) is 10.9 Å². The highest BCUT2D eigenvalue weighted by atomic mass is 16.5. The van der Waals surface area contributed by atoms with Crippen molar-refractivity contribution >= 4 is 11.8 Å². The van der Waals surface area contributed by atoms with Crippen LogP contribution in [0, 0.1) is 0 Å². The number of ether oxygens (including phenoxy) is 2. The average molecular weight is 390 g/mol. The fraction of sp³-hybridized carbons (Fsp3) is 0.130. The fourth-order valence-corrected chi connectivity index (χ4v) is 2.83. The minimum Gasteiger partial charge on any atom is -0.496 e. The molecule has 0 bridgehead atoms. The van der Waals surface area contributed by atoms with Gasteiger partial charge in [-0.3, -0.25) is 20.4 Å². The van der Waals surface area contributed by atoms with E-state index in [0.717, 1.165) is 16.7 Å². The van der Waals surface area contributed by atoms with Gasteiger partial charge in [-0.1, -0.05) is 66.7 Å². The molecule has 2 N–H and O–H groups in total. The Morgan fingerprint density at radius 3 is 2.14 bits per heavy atom. The van der Waals surface area contributed by atoms with Gasteiger partial charge in [-0.05, 0) is 17.7 Å². The van der Waals surface area contributed by atoms with E-state index in [1.165, 1.54) is 0 Å². The maximum atomic E-state index is 12.1. The molecule has 3 aromatic carbocycles. The number of rotatable bonds is 7. The van der Waals surface area contributed by atoms with Gasteiger partial charge in [-0.15, -0.1) is 0 Å². The smallest absolute Gasteiger partial charge is 0.276 e. The molecule has 0 atom stereocenters. The van der Waals surface area contributed by atoms with Crippen molar-refractivity contribution in [1.29, 1.82) is 0 Å². The van der Waals surface area contributed by atoms with Gasteiger partial charge >= 0.3 is 0 Å². The minimum absolute atomic E-state index is 0.0853. The van der Waals surface area contributed by atoms with Crippen molar-refractivity contribution in [3.05, 3.63) is 84.4 Å². The lowest BCUT2D eigenvalue weighted by Crippen LogP contribution is -2.44. The number of hydrazine groups is 1. The molecule has 0 spiro atoms. The lowest BCUT2D eigenvalue weighted by Gasteiger charge is -2.12. The molecule has 6 nitrogen and oxygen atoms in total. The third-order valence-corrected chi connectivity index (χ3v) is 4.22. The molecule has 0 radical (unpaired) electrons. The highest BCUT2D eigenvalue weighted by Gasteiger charge is 2.11. The molecule has 0 saturated heterocycles. The Labute approximate surface area is 169 Å². The van der Waals surface area contributed by atoms with Gasteiger partial charge in [-0.2, -0.15) is 0 Å². The van der Waals surface area contributed by atoms with E-state index in [2.05, 4.69) is 10.9 Å². The molecular weight excluding hydrogens is 368 g/mol. The molecule has 0 saturated carbocycles. The van der Waals surface area contributed by atoms with Crippen molar-refractivity contribution < 1.29 is 19.1 Å². The van der Waals surface area contributed by atoms with Gasteiger partial charge < -0.3 is 9.47 Å². The Morgan fingerprint density at radius 1 is 0.759 bits per heavy atom. The van der Waals surface area contributed by atoms with E-state index in [4.69, 9.17) is 9.47 Å². The lowest BCUT2D eigenvalue weighted by atomic mass is 10.1. The predicted molar refractivity (Wildman–Crippen MR) is 110 cm³/mol. The highest BCUT2D eigenvalue weighted by Crippen LogP contribution is 2.29. The molecule has 0 aromatic heterocycles. The van der Waals surface area contributed by atoms with Crippen molar-refractivity contribution in [2.45, 2.75) is 6.42 Å². The van der Waals surface area contributed by atoms with Crippen LogP contribution < -0.4 is 20.3 Å². The number of hydrogen-bond acceptors (Lipinski definition) is 4. The predicted octanol–water partition coefficient (Wildman–Crippen LogP) is 3.13. The number of carbonyl (C=O) groups is 2. The molecular formula is C23H22N2O4. The highest BCUT2D eigenvalue weighted by molar-refractivity contribution is 5.84. The SMILES string of the molecule is COc1ccccc1CC(=O)NNC(=O)COc1ccccc1-c1ccccc1. The molecule has 0 unspecified atom stereocenters. The number of nitrogens with one attached hydrogen (secondary N) is 2. The third-order valence-electron chi connectivity index (χ3n) is 4.22. The molecule has 0 aliphatic heterocycles. The second-order valence-corrected chi connectivity index (χ2v) is 6.24. The molecule has 6 heteroatoms. The first kappa shape index (κ1) is 19.9. The summed E-state index contributed by atoms with van der Waals surface area (Å²) in [5, 5.41) is 0. The van der Waals surface area contributed by atoms with Gasteiger partial charge in [0.2, 0.25) is 5.91 Å². The Hall–Kier alpha value is -3.80. The summed E-state index contributed by atoms with van der Waals surface area (Å²) in [4.78, 5) is 24.1. The normalized spacial score (nSPS) is 10.1. The van der Waals surface area contributed by atoms with Crippen LogP contribution in [0.1, 0.15) is 5.56 Å². The standard InChI is InChI=1S/C23H22N2O4/c1-28-20-13-7-5-11-18(20)15-22(26)24-25-23(27)16-29-21-14-8-6-12-19(21)17-9-3-2-4-10-17/h2-14H,15-16H2,1H3,(H,24,26)(H,25,27). The van der Waals surface area contributed by atoms with Crippen molar-refractivity contribution in [3.8, 4) is 22.6 Å². The minimum atomic E-state index is -0.457. The van der Waals surface area contributed by atoms with E-state index < -0.39 is 5.91 Å². The van der Waals surface area contributed by atoms with Gasteiger partial charge in [0, 0.05) is 11.1 Å². The Bertz CT molecular complexity index is 973. The number of carbonyl (C=O) groups excluding carboxylic acids is 2. The van der Waals surface area contributed by atoms with Crippen LogP contribution in [0.2, 0.25) is 0 Å². The van der Waals surface area contributed by atoms with Gasteiger partial charge in [0.05, 0.1) is 13.5 Å². The Morgan fingerprint density at radius 2 is 1.38 bits per heavy atom. The van der Waals surface area contributed by atoms with E-state index in [-0.39, 0.29) is 18.9 Å². The molecule has 148 valence electrons. The summed E-state index contributed by atoms with van der Waals surface area (Å²) in [6, 6.07) is 24.5. The zero-order valence-electron chi connectivity index (χ0n) is 16.1. The lowest BCUT2D eigenvalue weighted by molar-refractivity contribution is -0.129. The number of benzene rings is 3. The van der Waals surface area contributed by atoms with Crippen LogP contribution in [0.4, 0.5) is 0 Å². The maximum absolute atomic E-state index is 12.1. The Balaban J connectivity index is 1.51. The number of methoxy groups -OCH3 is 1. The van der Waals surface area contributed by atoms with E-state index in [1.54, 1.807) is 25.3 Å². The molecule has 29 heavy (non-hydrogen) atoms. The van der Waals surface area contributed by atoms with Crippen LogP contribution in [0.15, 0.2) is 78.9 Å². The summed E-state index contributed by atoms with van der Waals surface area (Å²) >= 11 is 0. The van der Waals surface area contributed by atoms with Gasteiger partial charge in [0.25, 0.3) is 5.91 Å². The zero-order chi connectivity index (χ0) is 20.5. The van der Waals surface area contributed by atoms with E-state index >= 15 is 0 Å². The van der Waals surface area contributed by atoms with Crippen molar-refractivity contribution in [3.63, 3.8) is 0 Å². The van der Waals surface area contributed by atoms with Gasteiger partial charge in [0.15, 0.2) is 6.61 Å². The summed E-state index contributed by atoms with van der Waals surface area (Å²) in [7, 11) is 1.54. The molecule has 0 heterocycles. The average Bonchev–Trinajstić information content (AvgIpc) is 2.77. The van der Waals surface area contributed by atoms with E-state index in [1.807, 2.05) is 60.7 Å². The number of para-hydroxylation sites is 2. The van der Waals surface area contributed by atoms with Crippen LogP contribution in [-0.2, 0) is 16.0 Å². The Kier molecular flexibility index (Phi) is 6.84. The largest absolute Gasteiger partial charge is 0.496 e. The first-order chi connectivity index (χ1) is 14.2. The van der Waals surface area contributed by atoms with Crippen LogP contribution in [0.25, 0.3) is 11.1 Å². The summed E-state index contributed by atoms with van der Waals surface area (Å²) < 4.78 is 10.9. The monoisotopic (exact) mass is 390 g/mol. The topological polar surface area (TPSA) is 76.7 Å². The van der Waals surface area contributed by atoms with Crippen molar-refractivity contribution in [2.75, 3.05) is 13.7 Å². The first-order valence-electron chi connectivity index (χ1n) is 9.14. The zero-order valence-corrected chi connectivity index (χ0v) is 16.1. The second kappa shape index (κ2) is 9.94. The van der Waals surface area contributed by atoms with Gasteiger partial charge in [-0.25, -0.2) is 0 Å². The summed E-state index contributed by atoms with van der Waals surface area (Å²) in [6.07, 6.45) is 0.0853. The molecule has 3 rings (SSSR count). The summed E-state index contributed by atoms with van der Waals surface area (Å²) in [6.45, 7) is -0.223. The van der Waals surface area contributed by atoms with Crippen LogP contribution >= 0.6 is 0 Å². The summed E-state index contributed by atoms with van der Waals surface area (Å²) in [5.41, 5.74) is 7.37. The quantitative estimate of drug-likeness (QED) is 0.608. The second-order valence-electron chi connectivity index (χ2n) is 6.24. The maximum Gasteiger partial charge on any atom is 0.276 e. The van der Waals surface area contributed by atoms with Gasteiger partial charge in [0.1, 0.15) is 11.5 Å². The number of amides is 2. The molecule has 0 aliphatic carbocycles. The first-order valence-corrected chi connectivity index (χ1v) is 9.14. The van der Waals surface area contributed by atoms with Crippen LogP contribution in [-0.4, -0.2) is 25.5 Å². The van der Waals surface area contributed by atoms with Crippen LogP contribution in [0.3, 0.4) is 0 Å². The summed E-state index contributed by atoms with van der Waals surface area (Å²) in [5.74, 6) is 0.401. The molecule has 0 aliphatic rings. The molecule has 3 aromatic rings. The third kappa shape index (κ3) is 5.59. The van der Waals surface area contributed by atoms with Crippen molar-refractivity contribution in [2.24, 2.45) is 0 Å². The van der Waals surface area contributed by atoms with E-state index in [0.29, 0.717) is 11.5 Å². The fourth-order valence-electron chi connectivity index (χ4n) is 2.83. The molecule has 0 fully saturated rings. The van der Waals surface area contributed by atoms with E-state index in [9.17, 15) is 9.59 Å².